The highest BCUT2D eigenvalue weighted by atomic mass is 79.9. The molecule has 2 amide bonds. The van der Waals surface area contributed by atoms with E-state index < -0.39 is 6.04 Å². The topological polar surface area (TPSA) is 58.2 Å². The zero-order valence-electron chi connectivity index (χ0n) is 11.1. The second kappa shape index (κ2) is 6.35. The van der Waals surface area contributed by atoms with Gasteiger partial charge >= 0.3 is 0 Å². The standard InChI is InChI=1S/C14H16BrFN2O2/c1-2-11(8-5-9(15)7-10(16)6-8)18-14(20)12-3-4-13(19)17-12/h5-7,11-12H,2-4H2,1H3,(H,17,19)(H,18,20)/t11-,12+/m0/s1. The van der Waals surface area contributed by atoms with Crippen LogP contribution in [-0.4, -0.2) is 17.9 Å². The number of rotatable bonds is 4. The zero-order valence-corrected chi connectivity index (χ0v) is 12.7. The predicted molar refractivity (Wildman–Crippen MR) is 76.4 cm³/mol. The van der Waals surface area contributed by atoms with E-state index in [0.29, 0.717) is 29.3 Å². The van der Waals surface area contributed by atoms with E-state index in [2.05, 4.69) is 26.6 Å². The van der Waals surface area contributed by atoms with Crippen LogP contribution in [0.15, 0.2) is 22.7 Å². The molecule has 6 heteroatoms. The number of nitrogens with one attached hydrogen (secondary N) is 2. The lowest BCUT2D eigenvalue weighted by Crippen LogP contribution is -2.43. The van der Waals surface area contributed by atoms with Crippen LogP contribution in [0, 0.1) is 5.82 Å². The van der Waals surface area contributed by atoms with Gasteiger partial charge in [0.05, 0.1) is 6.04 Å². The Balaban J connectivity index is 2.08. The molecule has 1 aromatic rings. The van der Waals surface area contributed by atoms with Gasteiger partial charge in [0, 0.05) is 10.9 Å². The SMILES string of the molecule is CC[C@H](NC(=O)[C@H]1CCC(=O)N1)c1cc(F)cc(Br)c1. The first-order valence-corrected chi connectivity index (χ1v) is 7.34. The molecule has 1 heterocycles. The fourth-order valence-electron chi connectivity index (χ4n) is 2.28. The summed E-state index contributed by atoms with van der Waals surface area (Å²) in [5, 5.41) is 5.48. The van der Waals surface area contributed by atoms with Gasteiger partial charge in [-0.05, 0) is 36.6 Å². The maximum absolute atomic E-state index is 13.4. The summed E-state index contributed by atoms with van der Waals surface area (Å²) in [4.78, 5) is 23.2. The van der Waals surface area contributed by atoms with Gasteiger partial charge in [0.2, 0.25) is 11.8 Å². The summed E-state index contributed by atoms with van der Waals surface area (Å²) in [5.41, 5.74) is 0.706. The average molecular weight is 343 g/mol. The van der Waals surface area contributed by atoms with Crippen molar-refractivity contribution in [1.29, 1.82) is 0 Å². The lowest BCUT2D eigenvalue weighted by Gasteiger charge is -2.20. The number of carbonyl (C=O) groups is 2. The fraction of sp³-hybridized carbons (Fsp3) is 0.429. The summed E-state index contributed by atoms with van der Waals surface area (Å²) in [6.45, 7) is 1.91. The van der Waals surface area contributed by atoms with E-state index in [0.717, 1.165) is 0 Å². The van der Waals surface area contributed by atoms with E-state index in [9.17, 15) is 14.0 Å². The number of benzene rings is 1. The molecule has 0 aliphatic carbocycles. The molecule has 4 nitrogen and oxygen atoms in total. The van der Waals surface area contributed by atoms with E-state index in [-0.39, 0.29) is 23.7 Å². The monoisotopic (exact) mass is 342 g/mol. The van der Waals surface area contributed by atoms with Gasteiger partial charge in [-0.1, -0.05) is 22.9 Å². The van der Waals surface area contributed by atoms with Crippen LogP contribution < -0.4 is 10.6 Å². The molecule has 1 fully saturated rings. The molecule has 1 saturated heterocycles. The molecule has 2 rings (SSSR count). The van der Waals surface area contributed by atoms with Crippen LogP contribution in [0.1, 0.15) is 37.8 Å². The minimum absolute atomic E-state index is 0.105. The van der Waals surface area contributed by atoms with Gasteiger partial charge in [0.25, 0.3) is 0 Å². The molecule has 0 aromatic heterocycles. The van der Waals surface area contributed by atoms with Crippen LogP contribution in [-0.2, 0) is 9.59 Å². The Kier molecular flexibility index (Phi) is 4.75. The maximum Gasteiger partial charge on any atom is 0.243 e. The third-order valence-electron chi connectivity index (χ3n) is 3.32. The van der Waals surface area contributed by atoms with Gasteiger partial charge in [-0.15, -0.1) is 0 Å². The van der Waals surface area contributed by atoms with Crippen molar-refractivity contribution in [2.45, 2.75) is 38.3 Å². The first kappa shape index (κ1) is 15.0. The Labute approximate surface area is 125 Å². The Morgan fingerprint density at radius 3 is 2.85 bits per heavy atom. The van der Waals surface area contributed by atoms with Crippen molar-refractivity contribution in [2.24, 2.45) is 0 Å². The Morgan fingerprint density at radius 2 is 2.30 bits per heavy atom. The highest BCUT2D eigenvalue weighted by Gasteiger charge is 2.28. The molecule has 2 atom stereocenters. The Morgan fingerprint density at radius 1 is 1.55 bits per heavy atom. The van der Waals surface area contributed by atoms with Crippen LogP contribution in [0.3, 0.4) is 0 Å². The van der Waals surface area contributed by atoms with Crippen molar-refractivity contribution < 1.29 is 14.0 Å². The van der Waals surface area contributed by atoms with Crippen molar-refractivity contribution in [3.05, 3.63) is 34.1 Å². The van der Waals surface area contributed by atoms with Crippen molar-refractivity contribution in [3.63, 3.8) is 0 Å². The number of halogens is 2. The second-order valence-electron chi connectivity index (χ2n) is 4.83. The van der Waals surface area contributed by atoms with Crippen LogP contribution in [0.5, 0.6) is 0 Å². The predicted octanol–water partition coefficient (Wildman–Crippen LogP) is 2.43. The fourth-order valence-corrected chi connectivity index (χ4v) is 2.76. The summed E-state index contributed by atoms with van der Waals surface area (Å²) in [5.74, 6) is -0.675. The van der Waals surface area contributed by atoms with E-state index >= 15 is 0 Å². The highest BCUT2D eigenvalue weighted by Crippen LogP contribution is 2.23. The number of amides is 2. The molecule has 0 bridgehead atoms. The molecule has 1 aliphatic heterocycles. The van der Waals surface area contributed by atoms with E-state index in [4.69, 9.17) is 0 Å². The van der Waals surface area contributed by atoms with Gasteiger partial charge < -0.3 is 10.6 Å². The van der Waals surface area contributed by atoms with Crippen LogP contribution in [0.25, 0.3) is 0 Å². The molecule has 20 heavy (non-hydrogen) atoms. The van der Waals surface area contributed by atoms with Crippen molar-refractivity contribution in [2.75, 3.05) is 0 Å². The number of carbonyl (C=O) groups excluding carboxylic acids is 2. The van der Waals surface area contributed by atoms with E-state index in [1.807, 2.05) is 6.92 Å². The third-order valence-corrected chi connectivity index (χ3v) is 3.78. The first-order valence-electron chi connectivity index (χ1n) is 6.55. The molecular formula is C14H16BrFN2O2. The average Bonchev–Trinajstić information content (AvgIpc) is 2.81. The van der Waals surface area contributed by atoms with Gasteiger partial charge in [-0.2, -0.15) is 0 Å². The molecular weight excluding hydrogens is 327 g/mol. The molecule has 0 saturated carbocycles. The van der Waals surface area contributed by atoms with Crippen LogP contribution >= 0.6 is 15.9 Å². The molecule has 2 N–H and O–H groups in total. The second-order valence-corrected chi connectivity index (χ2v) is 5.75. The Hall–Kier alpha value is -1.43. The van der Waals surface area contributed by atoms with Crippen molar-refractivity contribution in [3.8, 4) is 0 Å². The maximum atomic E-state index is 13.4. The highest BCUT2D eigenvalue weighted by molar-refractivity contribution is 9.10. The molecule has 0 spiro atoms. The minimum Gasteiger partial charge on any atom is -0.348 e. The van der Waals surface area contributed by atoms with E-state index in [1.54, 1.807) is 6.07 Å². The number of hydrogen-bond donors (Lipinski definition) is 2. The van der Waals surface area contributed by atoms with Gasteiger partial charge in [0.1, 0.15) is 11.9 Å². The van der Waals surface area contributed by atoms with Crippen molar-refractivity contribution in [1.82, 2.24) is 10.6 Å². The molecule has 0 radical (unpaired) electrons. The first-order chi connectivity index (χ1) is 9.49. The minimum atomic E-state index is -0.478. The molecule has 0 unspecified atom stereocenters. The normalized spacial score (nSPS) is 19.6. The molecule has 1 aromatic carbocycles. The van der Waals surface area contributed by atoms with Crippen LogP contribution in [0.4, 0.5) is 4.39 Å². The quantitative estimate of drug-likeness (QED) is 0.882. The summed E-state index contributed by atoms with van der Waals surface area (Å²) < 4.78 is 14.0. The van der Waals surface area contributed by atoms with E-state index in [1.165, 1.54) is 12.1 Å². The third kappa shape index (κ3) is 3.56. The molecule has 1 aliphatic rings. The van der Waals surface area contributed by atoms with Gasteiger partial charge in [0.15, 0.2) is 0 Å². The van der Waals surface area contributed by atoms with Crippen LogP contribution in [0.2, 0.25) is 0 Å². The lowest BCUT2D eigenvalue weighted by atomic mass is 10.0. The summed E-state index contributed by atoms with van der Waals surface area (Å²) in [6.07, 6.45) is 1.52. The summed E-state index contributed by atoms with van der Waals surface area (Å²) in [7, 11) is 0. The zero-order chi connectivity index (χ0) is 14.7. The largest absolute Gasteiger partial charge is 0.348 e. The van der Waals surface area contributed by atoms with Gasteiger partial charge in [-0.3, -0.25) is 9.59 Å². The summed E-state index contributed by atoms with van der Waals surface area (Å²) >= 11 is 3.24. The van der Waals surface area contributed by atoms with Crippen molar-refractivity contribution >= 4 is 27.7 Å². The Bertz CT molecular complexity index is 516. The smallest absolute Gasteiger partial charge is 0.243 e. The lowest BCUT2D eigenvalue weighted by molar-refractivity contribution is -0.126. The molecule has 108 valence electrons. The summed E-state index contributed by atoms with van der Waals surface area (Å²) in [6, 6.07) is 3.81. The van der Waals surface area contributed by atoms with Gasteiger partial charge in [-0.25, -0.2) is 4.39 Å². The number of hydrogen-bond acceptors (Lipinski definition) is 2.